The third kappa shape index (κ3) is 1.93. The Balaban J connectivity index is 1.95. The number of aliphatic hydroxyl groups is 1. The molecule has 0 saturated heterocycles. The van der Waals surface area contributed by atoms with Crippen molar-refractivity contribution in [3.63, 3.8) is 0 Å². The van der Waals surface area contributed by atoms with Crippen LogP contribution in [0.1, 0.15) is 25.7 Å². The van der Waals surface area contributed by atoms with Gasteiger partial charge in [-0.25, -0.2) is 0 Å². The van der Waals surface area contributed by atoms with Gasteiger partial charge in [0.2, 0.25) is 0 Å². The fraction of sp³-hybridized carbons (Fsp3) is 0.636. The molecule has 2 N–H and O–H groups in total. The zero-order valence-electron chi connectivity index (χ0n) is 8.61. The number of nitrogens with zero attached hydrogens (tertiary/aromatic N) is 1. The van der Waals surface area contributed by atoms with E-state index in [1.54, 1.807) is 0 Å². The van der Waals surface area contributed by atoms with Crippen LogP contribution in [-0.2, 0) is 0 Å². The second-order valence-electron chi connectivity index (χ2n) is 4.13. The third-order valence-corrected chi connectivity index (χ3v) is 3.18. The number of aliphatic hydroxyl groups excluding tert-OH is 1. The van der Waals surface area contributed by atoms with E-state index in [1.165, 1.54) is 5.82 Å². The summed E-state index contributed by atoms with van der Waals surface area (Å²) in [4.78, 5) is 5.49. The average molecular weight is 194 g/mol. The fourth-order valence-electron chi connectivity index (χ4n) is 2.18. The van der Waals surface area contributed by atoms with Crippen LogP contribution in [0.25, 0.3) is 0 Å². The minimum absolute atomic E-state index is 0.0664. The molecule has 78 valence electrons. The van der Waals surface area contributed by atoms with Crippen molar-refractivity contribution in [1.82, 2.24) is 4.98 Å². The molecule has 0 atom stereocenters. The Labute approximate surface area is 84.7 Å². The molecule has 1 saturated carbocycles. The van der Waals surface area contributed by atoms with Crippen molar-refractivity contribution in [2.45, 2.75) is 37.8 Å². The molecule has 1 aromatic heterocycles. The van der Waals surface area contributed by atoms with Crippen LogP contribution < -0.4 is 4.90 Å². The zero-order valence-corrected chi connectivity index (χ0v) is 8.61. The molecule has 3 nitrogen and oxygen atoms in total. The van der Waals surface area contributed by atoms with Crippen molar-refractivity contribution in [1.29, 1.82) is 0 Å². The molecule has 0 aromatic carbocycles. The minimum Gasteiger partial charge on any atom is -0.393 e. The van der Waals surface area contributed by atoms with E-state index in [0.717, 1.165) is 25.7 Å². The highest BCUT2D eigenvalue weighted by Crippen LogP contribution is 2.25. The van der Waals surface area contributed by atoms with Crippen LogP contribution in [0.15, 0.2) is 18.3 Å². The Morgan fingerprint density at radius 1 is 1.36 bits per heavy atom. The van der Waals surface area contributed by atoms with Crippen molar-refractivity contribution in [3.05, 3.63) is 18.3 Å². The Kier molecular flexibility index (Phi) is 2.77. The molecule has 2 rings (SSSR count). The topological polar surface area (TPSA) is 39.3 Å². The fourth-order valence-corrected chi connectivity index (χ4v) is 2.18. The summed E-state index contributed by atoms with van der Waals surface area (Å²) >= 11 is 0. The molecule has 1 aliphatic rings. The van der Waals surface area contributed by atoms with Crippen LogP contribution in [-0.4, -0.2) is 29.3 Å². The normalized spacial score (nSPS) is 27.6. The van der Waals surface area contributed by atoms with Gasteiger partial charge in [0.15, 0.2) is 0 Å². The standard InChI is InChI=1S/C11H18N2O/c1-13(11-3-2-8-12-11)9-4-6-10(14)7-5-9/h2-3,8-10,12,14H,4-7H2,1H3. The highest BCUT2D eigenvalue weighted by atomic mass is 16.3. The van der Waals surface area contributed by atoms with Gasteiger partial charge in [-0.2, -0.15) is 0 Å². The summed E-state index contributed by atoms with van der Waals surface area (Å²) in [6.07, 6.45) is 5.95. The van der Waals surface area contributed by atoms with E-state index in [9.17, 15) is 5.11 Å². The number of hydrogen-bond acceptors (Lipinski definition) is 2. The molecule has 1 fully saturated rings. The van der Waals surface area contributed by atoms with Gasteiger partial charge < -0.3 is 15.0 Å². The lowest BCUT2D eigenvalue weighted by Crippen LogP contribution is -2.36. The van der Waals surface area contributed by atoms with Crippen molar-refractivity contribution < 1.29 is 5.11 Å². The van der Waals surface area contributed by atoms with Gasteiger partial charge in [0.25, 0.3) is 0 Å². The summed E-state index contributed by atoms with van der Waals surface area (Å²) in [6.45, 7) is 0. The van der Waals surface area contributed by atoms with E-state index in [0.29, 0.717) is 6.04 Å². The molecule has 0 aliphatic heterocycles. The van der Waals surface area contributed by atoms with Crippen LogP contribution in [0, 0.1) is 0 Å². The van der Waals surface area contributed by atoms with E-state index in [1.807, 2.05) is 12.3 Å². The molecular weight excluding hydrogens is 176 g/mol. The molecule has 3 heteroatoms. The van der Waals surface area contributed by atoms with Crippen LogP contribution in [0.4, 0.5) is 5.82 Å². The summed E-state index contributed by atoms with van der Waals surface area (Å²) in [7, 11) is 2.12. The highest BCUT2D eigenvalue weighted by Gasteiger charge is 2.22. The smallest absolute Gasteiger partial charge is 0.105 e. The largest absolute Gasteiger partial charge is 0.393 e. The van der Waals surface area contributed by atoms with Crippen LogP contribution >= 0.6 is 0 Å². The summed E-state index contributed by atoms with van der Waals surface area (Å²) in [5.41, 5.74) is 0. The Bertz CT molecular complexity index is 263. The first kappa shape index (κ1) is 9.59. The summed E-state index contributed by atoms with van der Waals surface area (Å²) in [5, 5.41) is 9.41. The molecule has 0 amide bonds. The van der Waals surface area contributed by atoms with Crippen LogP contribution in [0.5, 0.6) is 0 Å². The van der Waals surface area contributed by atoms with Gasteiger partial charge in [0, 0.05) is 19.3 Å². The predicted molar refractivity (Wildman–Crippen MR) is 57.5 cm³/mol. The Morgan fingerprint density at radius 2 is 2.07 bits per heavy atom. The maximum atomic E-state index is 9.41. The number of nitrogens with one attached hydrogen (secondary N) is 1. The summed E-state index contributed by atoms with van der Waals surface area (Å²) < 4.78 is 0. The van der Waals surface area contributed by atoms with E-state index >= 15 is 0 Å². The number of rotatable bonds is 2. The van der Waals surface area contributed by atoms with Gasteiger partial charge in [0.1, 0.15) is 5.82 Å². The number of anilines is 1. The van der Waals surface area contributed by atoms with E-state index in [-0.39, 0.29) is 6.10 Å². The molecule has 0 radical (unpaired) electrons. The molecule has 1 heterocycles. The maximum absolute atomic E-state index is 9.41. The first-order valence-electron chi connectivity index (χ1n) is 5.31. The van der Waals surface area contributed by atoms with Crippen molar-refractivity contribution in [3.8, 4) is 0 Å². The van der Waals surface area contributed by atoms with Crippen LogP contribution in [0.3, 0.4) is 0 Å². The minimum atomic E-state index is -0.0664. The molecule has 0 unspecified atom stereocenters. The van der Waals surface area contributed by atoms with Gasteiger partial charge in [-0.3, -0.25) is 0 Å². The second kappa shape index (κ2) is 4.05. The lowest BCUT2D eigenvalue weighted by Gasteiger charge is -2.33. The van der Waals surface area contributed by atoms with Gasteiger partial charge >= 0.3 is 0 Å². The quantitative estimate of drug-likeness (QED) is 0.753. The van der Waals surface area contributed by atoms with Crippen molar-refractivity contribution in [2.75, 3.05) is 11.9 Å². The summed E-state index contributed by atoms with van der Waals surface area (Å²) in [5.74, 6) is 1.17. The molecule has 0 bridgehead atoms. The number of aromatic amines is 1. The molecular formula is C11H18N2O. The molecule has 1 aromatic rings. The summed E-state index contributed by atoms with van der Waals surface area (Å²) in [6, 6.07) is 4.69. The first-order chi connectivity index (χ1) is 6.77. The highest BCUT2D eigenvalue weighted by molar-refractivity contribution is 5.38. The predicted octanol–water partition coefficient (Wildman–Crippen LogP) is 1.75. The monoisotopic (exact) mass is 194 g/mol. The van der Waals surface area contributed by atoms with E-state index < -0.39 is 0 Å². The molecule has 1 aliphatic carbocycles. The van der Waals surface area contributed by atoms with Gasteiger partial charge in [-0.1, -0.05) is 0 Å². The lowest BCUT2D eigenvalue weighted by molar-refractivity contribution is 0.122. The third-order valence-electron chi connectivity index (χ3n) is 3.18. The van der Waals surface area contributed by atoms with Gasteiger partial charge in [-0.15, -0.1) is 0 Å². The van der Waals surface area contributed by atoms with Gasteiger partial charge in [0.05, 0.1) is 6.10 Å². The Morgan fingerprint density at radius 3 is 2.64 bits per heavy atom. The van der Waals surface area contributed by atoms with Crippen molar-refractivity contribution >= 4 is 5.82 Å². The molecule has 14 heavy (non-hydrogen) atoms. The maximum Gasteiger partial charge on any atom is 0.105 e. The lowest BCUT2D eigenvalue weighted by atomic mass is 9.92. The number of hydrogen-bond donors (Lipinski definition) is 2. The first-order valence-corrected chi connectivity index (χ1v) is 5.31. The molecule has 0 spiro atoms. The van der Waals surface area contributed by atoms with Gasteiger partial charge in [-0.05, 0) is 37.8 Å². The second-order valence-corrected chi connectivity index (χ2v) is 4.13. The van der Waals surface area contributed by atoms with E-state index in [4.69, 9.17) is 0 Å². The van der Waals surface area contributed by atoms with Crippen molar-refractivity contribution in [2.24, 2.45) is 0 Å². The number of H-pyrrole nitrogens is 1. The number of aromatic nitrogens is 1. The van der Waals surface area contributed by atoms with Crippen LogP contribution in [0.2, 0.25) is 0 Å². The Hall–Kier alpha value is -0.960. The van der Waals surface area contributed by atoms with E-state index in [2.05, 4.69) is 23.0 Å². The average Bonchev–Trinajstić information content (AvgIpc) is 2.71. The zero-order chi connectivity index (χ0) is 9.97. The SMILES string of the molecule is CN(c1ccc[nH]1)C1CCC(O)CC1.